The molecule has 0 saturated heterocycles. The van der Waals surface area contributed by atoms with Gasteiger partial charge in [0, 0.05) is 11.6 Å². The number of allylic oxidation sites excluding steroid dienone is 4. The third kappa shape index (κ3) is 9.97. The number of ether oxygens (including phenoxy) is 2. The van der Waals surface area contributed by atoms with E-state index in [2.05, 4.69) is 0 Å². The average Bonchev–Trinajstić information content (AvgIpc) is 3.67. The molecule has 0 fully saturated rings. The van der Waals surface area contributed by atoms with Gasteiger partial charge >= 0.3 is 24.7 Å². The van der Waals surface area contributed by atoms with Crippen molar-refractivity contribution in [1.82, 2.24) is 0 Å². The Morgan fingerprint density at radius 1 is 0.508 bits per heavy atom. The van der Waals surface area contributed by atoms with E-state index in [9.17, 15) is 52.7 Å². The van der Waals surface area contributed by atoms with Crippen molar-refractivity contribution in [2.24, 2.45) is 0 Å². The molecule has 2 nitrogen and oxygen atoms in total. The third-order valence-corrected chi connectivity index (χ3v) is 16.0. The van der Waals surface area contributed by atoms with Crippen molar-refractivity contribution in [2.45, 2.75) is 70.9 Å². The second-order valence-electron chi connectivity index (χ2n) is 15.2. The van der Waals surface area contributed by atoms with Crippen LogP contribution in [0.15, 0.2) is 109 Å². The van der Waals surface area contributed by atoms with Crippen molar-refractivity contribution < 1.29 is 62.2 Å². The van der Waals surface area contributed by atoms with Crippen LogP contribution >= 0.6 is 15.8 Å². The molecule has 2 atom stereocenters. The average molecular weight is 927 g/mol. The zero-order chi connectivity index (χ0) is 46.6. The van der Waals surface area contributed by atoms with Gasteiger partial charge in [-0.25, -0.2) is 0 Å². The highest BCUT2D eigenvalue weighted by molar-refractivity contribution is 7.80. The van der Waals surface area contributed by atoms with Crippen LogP contribution in [-0.2, 0) is 24.7 Å². The molecule has 1 aliphatic rings. The quantitative estimate of drug-likeness (QED) is 0.103. The molecule has 0 aromatic heterocycles. The van der Waals surface area contributed by atoms with E-state index in [-0.39, 0.29) is 12.1 Å². The van der Waals surface area contributed by atoms with Crippen molar-refractivity contribution in [3.05, 3.63) is 159 Å². The standard InChI is InChI=1S/C47H40F12O2P2/c1-25-15-34(16-26(2)42(25)60-6)63(35-17-27(3)43(61-7)28(4)18-35)41-14-9-8-11-40(41)39-13-10-12-38(39)29(5)62(36-21-30(44(48,49)50)19-31(22-36)45(51,52)53)37-23-32(46(54,55)56)20-33(24-37)47(57,58)59/h8-24,29,39H,1-7H3/t29-,39?/m0/s1. The van der Waals surface area contributed by atoms with E-state index in [4.69, 9.17) is 9.47 Å². The molecule has 0 saturated carbocycles. The van der Waals surface area contributed by atoms with Crippen molar-refractivity contribution in [3.63, 3.8) is 0 Å². The second kappa shape index (κ2) is 17.6. The van der Waals surface area contributed by atoms with Crippen LogP contribution in [-0.4, -0.2) is 19.9 Å². The summed E-state index contributed by atoms with van der Waals surface area (Å²) in [4.78, 5) is 0. The maximum absolute atomic E-state index is 14.3. The topological polar surface area (TPSA) is 18.5 Å². The molecule has 0 amide bonds. The van der Waals surface area contributed by atoms with E-state index < -0.39 is 85.0 Å². The van der Waals surface area contributed by atoms with Gasteiger partial charge in [-0.15, -0.1) is 0 Å². The van der Waals surface area contributed by atoms with Gasteiger partial charge in [-0.05, 0) is 159 Å². The number of rotatable bonds is 10. The Morgan fingerprint density at radius 2 is 0.873 bits per heavy atom. The van der Waals surface area contributed by atoms with E-state index >= 15 is 0 Å². The molecule has 63 heavy (non-hydrogen) atoms. The van der Waals surface area contributed by atoms with E-state index in [0.29, 0.717) is 46.9 Å². The third-order valence-electron chi connectivity index (χ3n) is 10.8. The molecule has 0 bridgehead atoms. The number of benzene rings is 5. The maximum atomic E-state index is 14.3. The minimum atomic E-state index is -5.35. The van der Waals surface area contributed by atoms with E-state index in [0.717, 1.165) is 38.2 Å². The van der Waals surface area contributed by atoms with Crippen molar-refractivity contribution in [1.29, 1.82) is 0 Å². The van der Waals surface area contributed by atoms with Crippen LogP contribution in [0.1, 0.15) is 62.9 Å². The fourth-order valence-electron chi connectivity index (χ4n) is 8.21. The highest BCUT2D eigenvalue weighted by Crippen LogP contribution is 2.52. The minimum Gasteiger partial charge on any atom is -0.496 e. The molecule has 1 aliphatic carbocycles. The summed E-state index contributed by atoms with van der Waals surface area (Å²) >= 11 is 0. The van der Waals surface area contributed by atoms with E-state index in [1.165, 1.54) is 6.92 Å². The number of hydrogen-bond acceptors (Lipinski definition) is 2. The van der Waals surface area contributed by atoms with Crippen LogP contribution in [0.4, 0.5) is 52.7 Å². The summed E-state index contributed by atoms with van der Waals surface area (Å²) in [7, 11) is -1.20. The highest BCUT2D eigenvalue weighted by Gasteiger charge is 2.42. The van der Waals surface area contributed by atoms with E-state index in [1.807, 2.05) is 70.2 Å². The lowest BCUT2D eigenvalue weighted by Crippen LogP contribution is -2.29. The van der Waals surface area contributed by atoms with Gasteiger partial charge in [0.15, 0.2) is 0 Å². The van der Waals surface area contributed by atoms with Crippen LogP contribution in [0.3, 0.4) is 0 Å². The number of hydrogen-bond donors (Lipinski definition) is 0. The Balaban J connectivity index is 1.61. The Labute approximate surface area is 359 Å². The molecular formula is C47H40F12O2P2. The molecule has 0 N–H and O–H groups in total. The molecule has 0 spiro atoms. The summed E-state index contributed by atoms with van der Waals surface area (Å²) in [5.74, 6) is 0.608. The largest absolute Gasteiger partial charge is 0.496 e. The molecule has 6 rings (SSSR count). The number of alkyl halides is 12. The first-order valence-corrected chi connectivity index (χ1v) is 22.0. The zero-order valence-corrected chi connectivity index (χ0v) is 36.5. The first-order chi connectivity index (χ1) is 29.2. The molecule has 16 heteroatoms. The summed E-state index contributed by atoms with van der Waals surface area (Å²) in [6.45, 7) is 9.02. The van der Waals surface area contributed by atoms with Crippen LogP contribution in [0.5, 0.6) is 11.5 Å². The minimum absolute atomic E-state index is 0.127. The lowest BCUT2D eigenvalue weighted by Gasteiger charge is -2.33. The molecule has 0 radical (unpaired) electrons. The summed E-state index contributed by atoms with van der Waals surface area (Å²) in [5, 5.41) is 1.21. The van der Waals surface area contributed by atoms with Gasteiger partial charge in [-0.1, -0.05) is 55.0 Å². The summed E-state index contributed by atoms with van der Waals surface area (Å²) in [6.07, 6.45) is -16.5. The normalized spacial score (nSPS) is 15.3. The van der Waals surface area contributed by atoms with Crippen molar-refractivity contribution in [3.8, 4) is 11.5 Å². The second-order valence-corrected chi connectivity index (χ2v) is 20.0. The molecule has 334 valence electrons. The molecule has 5 aromatic carbocycles. The number of aryl methyl sites for hydroxylation is 4. The molecule has 0 heterocycles. The van der Waals surface area contributed by atoms with Crippen molar-refractivity contribution in [2.75, 3.05) is 14.2 Å². The Bertz CT molecular complexity index is 2340. The van der Waals surface area contributed by atoms with Gasteiger partial charge in [0.25, 0.3) is 0 Å². The van der Waals surface area contributed by atoms with Gasteiger partial charge < -0.3 is 9.47 Å². The monoisotopic (exact) mass is 926 g/mol. The predicted octanol–water partition coefficient (Wildman–Crippen LogP) is 12.9. The van der Waals surface area contributed by atoms with Gasteiger partial charge in [0.1, 0.15) is 11.5 Å². The maximum Gasteiger partial charge on any atom is 0.416 e. The van der Waals surface area contributed by atoms with Gasteiger partial charge in [0.05, 0.1) is 36.5 Å². The molecule has 1 unspecified atom stereocenters. The Hall–Kier alpha value is -4.80. The molecule has 5 aromatic rings. The Kier molecular flexibility index (Phi) is 13.3. The number of halogens is 12. The summed E-state index contributed by atoms with van der Waals surface area (Å²) < 4.78 is 183. The lowest BCUT2D eigenvalue weighted by atomic mass is 9.92. The van der Waals surface area contributed by atoms with Gasteiger partial charge in [-0.2, -0.15) is 52.7 Å². The molecular weight excluding hydrogens is 886 g/mol. The number of methoxy groups -OCH3 is 2. The van der Waals surface area contributed by atoms with Crippen LogP contribution < -0.4 is 36.0 Å². The SMILES string of the molecule is COc1c(C)cc(P(c2cc(C)c(OC)c(C)c2)c2ccccc2C2C=CC=C2[C@H](C)P(c2cc(C(F)(F)F)cc(C(F)(F)F)c2)c2cc(C(F)(F)F)cc(C(F)(F)F)c2)cc1C. The summed E-state index contributed by atoms with van der Waals surface area (Å²) in [6, 6.07) is 16.6. The smallest absolute Gasteiger partial charge is 0.416 e. The zero-order valence-electron chi connectivity index (χ0n) is 34.7. The first kappa shape index (κ1) is 47.7. The highest BCUT2D eigenvalue weighted by atomic mass is 31.1. The van der Waals surface area contributed by atoms with E-state index in [1.54, 1.807) is 38.5 Å². The first-order valence-electron chi connectivity index (χ1n) is 19.2. The van der Waals surface area contributed by atoms with Gasteiger partial charge in [0.2, 0.25) is 0 Å². The molecule has 0 aliphatic heterocycles. The predicted molar refractivity (Wildman–Crippen MR) is 226 cm³/mol. The Morgan fingerprint density at radius 3 is 1.22 bits per heavy atom. The fraction of sp³-hybridized carbons (Fsp3) is 0.277. The lowest BCUT2D eigenvalue weighted by molar-refractivity contribution is -0.144. The van der Waals surface area contributed by atoms with Crippen LogP contribution in [0, 0.1) is 27.7 Å². The van der Waals surface area contributed by atoms with Crippen LogP contribution in [0.2, 0.25) is 0 Å². The van der Waals surface area contributed by atoms with Crippen LogP contribution in [0.25, 0.3) is 0 Å². The van der Waals surface area contributed by atoms with Crippen molar-refractivity contribution >= 4 is 42.4 Å². The summed E-state index contributed by atoms with van der Waals surface area (Å²) in [5.41, 5.74) is -3.81. The van der Waals surface area contributed by atoms with Gasteiger partial charge in [-0.3, -0.25) is 0 Å². The fourth-order valence-corrected chi connectivity index (χ4v) is 13.9.